The Morgan fingerprint density at radius 3 is 2.90 bits per heavy atom. The zero-order valence-corrected chi connectivity index (χ0v) is 12.7. The second kappa shape index (κ2) is 7.47. The molecular formula is C18H26O2. The van der Waals surface area contributed by atoms with Gasteiger partial charge in [-0.05, 0) is 24.0 Å². The molecule has 0 N–H and O–H groups in total. The summed E-state index contributed by atoms with van der Waals surface area (Å²) in [6.45, 7) is 4.96. The number of ketones is 1. The predicted octanol–water partition coefficient (Wildman–Crippen LogP) is 4.41. The molecule has 20 heavy (non-hydrogen) atoms. The van der Waals surface area contributed by atoms with Crippen LogP contribution in [0, 0.1) is 11.8 Å². The van der Waals surface area contributed by atoms with E-state index in [0.29, 0.717) is 18.3 Å². The van der Waals surface area contributed by atoms with Gasteiger partial charge >= 0.3 is 0 Å². The Labute approximate surface area is 122 Å². The topological polar surface area (TPSA) is 26.3 Å². The molecule has 1 aromatic carbocycles. The molecule has 2 heteroatoms. The number of hydrogen-bond acceptors (Lipinski definition) is 2. The first-order chi connectivity index (χ1) is 9.74. The zero-order valence-electron chi connectivity index (χ0n) is 12.7. The number of para-hydroxylation sites is 1. The van der Waals surface area contributed by atoms with Crippen LogP contribution in [0.1, 0.15) is 51.5 Å². The summed E-state index contributed by atoms with van der Waals surface area (Å²) in [6.07, 6.45) is 6.31. The number of rotatable bonds is 7. The van der Waals surface area contributed by atoms with Crippen LogP contribution in [-0.2, 0) is 11.2 Å². The largest absolute Gasteiger partial charge is 0.493 e. The van der Waals surface area contributed by atoms with Crippen molar-refractivity contribution in [2.45, 2.75) is 52.4 Å². The van der Waals surface area contributed by atoms with Gasteiger partial charge in [0.1, 0.15) is 11.5 Å². The number of Topliss-reactive ketones (excluding diaryl/α,β-unsaturated/α-hetero) is 1. The van der Waals surface area contributed by atoms with Gasteiger partial charge in [0, 0.05) is 6.42 Å². The fourth-order valence-corrected chi connectivity index (χ4v) is 2.93. The zero-order chi connectivity index (χ0) is 14.4. The van der Waals surface area contributed by atoms with Crippen molar-refractivity contribution in [1.29, 1.82) is 0 Å². The minimum Gasteiger partial charge on any atom is -0.493 e. The Balaban J connectivity index is 1.90. The van der Waals surface area contributed by atoms with Crippen molar-refractivity contribution in [1.82, 2.24) is 0 Å². The van der Waals surface area contributed by atoms with Gasteiger partial charge in [-0.1, -0.05) is 57.7 Å². The molecule has 110 valence electrons. The summed E-state index contributed by atoms with van der Waals surface area (Å²) in [5.41, 5.74) is 1.18. The molecule has 1 aliphatic rings. The number of carbonyl (C=O) groups is 1. The Kier molecular flexibility index (Phi) is 5.63. The van der Waals surface area contributed by atoms with Gasteiger partial charge in [0.15, 0.2) is 0 Å². The lowest BCUT2D eigenvalue weighted by atomic mass is 9.86. The van der Waals surface area contributed by atoms with E-state index in [0.717, 1.165) is 25.0 Å². The van der Waals surface area contributed by atoms with Crippen molar-refractivity contribution < 1.29 is 9.53 Å². The molecule has 0 amide bonds. The second-order valence-corrected chi connectivity index (χ2v) is 5.91. The van der Waals surface area contributed by atoms with Crippen LogP contribution in [0.5, 0.6) is 5.75 Å². The Morgan fingerprint density at radius 2 is 2.15 bits per heavy atom. The molecule has 0 fully saturated rings. The highest BCUT2D eigenvalue weighted by atomic mass is 16.5. The average molecular weight is 274 g/mol. The minimum absolute atomic E-state index is 0.0561. The number of carbonyl (C=O) groups excluding carboxylic acids is 1. The molecule has 1 aromatic rings. The summed E-state index contributed by atoms with van der Waals surface area (Å²) in [6, 6.07) is 8.07. The van der Waals surface area contributed by atoms with Crippen LogP contribution in [-0.4, -0.2) is 12.4 Å². The maximum atomic E-state index is 12.5. The molecule has 0 bridgehead atoms. The third-order valence-corrected chi connectivity index (χ3v) is 4.37. The molecule has 1 aliphatic heterocycles. The molecule has 2 nitrogen and oxygen atoms in total. The highest BCUT2D eigenvalue weighted by molar-refractivity contribution is 5.82. The third-order valence-electron chi connectivity index (χ3n) is 4.37. The summed E-state index contributed by atoms with van der Waals surface area (Å²) >= 11 is 0. The van der Waals surface area contributed by atoms with Crippen molar-refractivity contribution in [3.05, 3.63) is 29.8 Å². The van der Waals surface area contributed by atoms with Crippen molar-refractivity contribution in [3.63, 3.8) is 0 Å². The van der Waals surface area contributed by atoms with Gasteiger partial charge in [0.25, 0.3) is 0 Å². The van der Waals surface area contributed by atoms with E-state index in [4.69, 9.17) is 4.74 Å². The normalized spacial score (nSPS) is 19.0. The predicted molar refractivity (Wildman–Crippen MR) is 82.1 cm³/mol. The van der Waals surface area contributed by atoms with Crippen LogP contribution in [0.15, 0.2) is 24.3 Å². The number of hydrogen-bond donors (Lipinski definition) is 0. The van der Waals surface area contributed by atoms with E-state index in [1.807, 2.05) is 18.2 Å². The summed E-state index contributed by atoms with van der Waals surface area (Å²) in [4.78, 5) is 12.5. The van der Waals surface area contributed by atoms with Gasteiger partial charge in [-0.3, -0.25) is 4.79 Å². The van der Waals surface area contributed by atoms with E-state index in [-0.39, 0.29) is 5.92 Å². The number of ether oxygens (including phenoxy) is 1. The fourth-order valence-electron chi connectivity index (χ4n) is 2.93. The van der Waals surface area contributed by atoms with E-state index in [9.17, 15) is 4.79 Å². The van der Waals surface area contributed by atoms with E-state index < -0.39 is 0 Å². The van der Waals surface area contributed by atoms with Crippen molar-refractivity contribution >= 4 is 5.78 Å². The first kappa shape index (κ1) is 15.1. The standard InChI is InChI=1S/C18H26O2/c1-3-5-8-14(4-2)11-17(19)16-12-15-9-6-7-10-18(15)20-13-16/h6-7,9-10,14,16H,3-5,8,11-13H2,1-2H3. The molecular weight excluding hydrogens is 248 g/mol. The van der Waals surface area contributed by atoms with E-state index in [1.165, 1.54) is 24.8 Å². The number of unbranched alkanes of at least 4 members (excludes halogenated alkanes) is 1. The van der Waals surface area contributed by atoms with E-state index in [2.05, 4.69) is 19.9 Å². The molecule has 1 heterocycles. The van der Waals surface area contributed by atoms with Crippen LogP contribution >= 0.6 is 0 Å². The fraction of sp³-hybridized carbons (Fsp3) is 0.611. The summed E-state index contributed by atoms with van der Waals surface area (Å²) in [5, 5.41) is 0. The first-order valence-electron chi connectivity index (χ1n) is 7.98. The Bertz CT molecular complexity index is 439. The molecule has 0 spiro atoms. The van der Waals surface area contributed by atoms with Crippen LogP contribution in [0.3, 0.4) is 0 Å². The van der Waals surface area contributed by atoms with Crippen molar-refractivity contribution in [2.75, 3.05) is 6.61 Å². The van der Waals surface area contributed by atoms with Crippen molar-refractivity contribution in [3.8, 4) is 5.75 Å². The highest BCUT2D eigenvalue weighted by Crippen LogP contribution is 2.29. The smallest absolute Gasteiger partial charge is 0.139 e. The SMILES string of the molecule is CCCCC(CC)CC(=O)C1COc2ccccc2C1. The van der Waals surface area contributed by atoms with E-state index in [1.54, 1.807) is 0 Å². The number of benzene rings is 1. The van der Waals surface area contributed by atoms with Crippen LogP contribution in [0.4, 0.5) is 0 Å². The van der Waals surface area contributed by atoms with Gasteiger partial charge in [0.05, 0.1) is 12.5 Å². The Morgan fingerprint density at radius 1 is 1.35 bits per heavy atom. The average Bonchev–Trinajstić information content (AvgIpc) is 2.50. The summed E-state index contributed by atoms with van der Waals surface area (Å²) in [7, 11) is 0. The second-order valence-electron chi connectivity index (χ2n) is 5.91. The molecule has 0 aromatic heterocycles. The number of fused-ring (bicyclic) bond motifs is 1. The van der Waals surface area contributed by atoms with Gasteiger partial charge in [-0.25, -0.2) is 0 Å². The monoisotopic (exact) mass is 274 g/mol. The van der Waals surface area contributed by atoms with Crippen LogP contribution in [0.2, 0.25) is 0 Å². The lowest BCUT2D eigenvalue weighted by molar-refractivity contribution is -0.125. The quantitative estimate of drug-likeness (QED) is 0.736. The molecule has 0 aliphatic carbocycles. The Hall–Kier alpha value is -1.31. The molecule has 0 radical (unpaired) electrons. The summed E-state index contributed by atoms with van der Waals surface area (Å²) in [5.74, 6) is 1.96. The van der Waals surface area contributed by atoms with Gasteiger partial charge < -0.3 is 4.74 Å². The van der Waals surface area contributed by atoms with Gasteiger partial charge in [0.2, 0.25) is 0 Å². The summed E-state index contributed by atoms with van der Waals surface area (Å²) < 4.78 is 5.73. The maximum absolute atomic E-state index is 12.5. The molecule has 0 saturated heterocycles. The third kappa shape index (κ3) is 3.84. The molecule has 2 rings (SSSR count). The molecule has 2 unspecified atom stereocenters. The van der Waals surface area contributed by atoms with Crippen molar-refractivity contribution in [2.24, 2.45) is 11.8 Å². The highest BCUT2D eigenvalue weighted by Gasteiger charge is 2.26. The van der Waals surface area contributed by atoms with Gasteiger partial charge in [-0.15, -0.1) is 0 Å². The van der Waals surface area contributed by atoms with Crippen LogP contribution < -0.4 is 4.74 Å². The maximum Gasteiger partial charge on any atom is 0.139 e. The lowest BCUT2D eigenvalue weighted by Gasteiger charge is -2.25. The lowest BCUT2D eigenvalue weighted by Crippen LogP contribution is -2.29. The molecule has 2 atom stereocenters. The van der Waals surface area contributed by atoms with E-state index >= 15 is 0 Å². The first-order valence-corrected chi connectivity index (χ1v) is 7.98. The van der Waals surface area contributed by atoms with Gasteiger partial charge in [-0.2, -0.15) is 0 Å². The minimum atomic E-state index is 0.0561. The van der Waals surface area contributed by atoms with Crippen LogP contribution in [0.25, 0.3) is 0 Å². The molecule has 0 saturated carbocycles.